The van der Waals surface area contributed by atoms with Crippen molar-refractivity contribution < 1.29 is 4.79 Å². The Hall–Kier alpha value is -0.180. The summed E-state index contributed by atoms with van der Waals surface area (Å²) in [6.45, 7) is 0.957. The number of rotatable bonds is 0. The van der Waals surface area contributed by atoms with E-state index < -0.39 is 0 Å². The van der Waals surface area contributed by atoms with Crippen LogP contribution in [0, 0.1) is 0 Å². The van der Waals surface area contributed by atoms with Crippen LogP contribution in [0.4, 0.5) is 0 Å². The average molecular weight is 161 g/mol. The Morgan fingerprint density at radius 2 is 2.00 bits per heavy atom. The molecule has 1 aliphatic rings. The summed E-state index contributed by atoms with van der Waals surface area (Å²) in [6.07, 6.45) is 5.89. The van der Waals surface area contributed by atoms with Gasteiger partial charge in [0.1, 0.15) is 0 Å². The molecule has 0 aliphatic carbocycles. The number of hydrogen-bond acceptors (Lipinski definition) is 2. The lowest BCUT2D eigenvalue weighted by Gasteiger charge is -2.03. The smallest absolute Gasteiger partial charge is 0.222 e. The molecule has 60 valence electrons. The van der Waals surface area contributed by atoms with Crippen LogP contribution >= 0.6 is 11.8 Å². The van der Waals surface area contributed by atoms with Crippen LogP contribution in [0.2, 0.25) is 0 Å². The maximum absolute atomic E-state index is 10.5. The first-order valence-electron chi connectivity index (χ1n) is 3.36. The summed E-state index contributed by atoms with van der Waals surface area (Å²) in [6, 6.07) is 0. The largest absolute Gasteiger partial charge is 0.346 e. The third kappa shape index (κ3) is 3.77. The Labute approximate surface area is 67.0 Å². The number of likely N-dealkylation sites (tertiary alicyclic amines) is 1. The van der Waals surface area contributed by atoms with E-state index in [-0.39, 0.29) is 0 Å². The van der Waals surface area contributed by atoms with Crippen LogP contribution in [0.3, 0.4) is 0 Å². The molecule has 0 N–H and O–H groups in total. The number of nitrogens with zero attached hydrogens (tertiary/aromatic N) is 1. The van der Waals surface area contributed by atoms with Gasteiger partial charge in [-0.05, 0) is 18.9 Å². The van der Waals surface area contributed by atoms with Crippen LogP contribution in [0.15, 0.2) is 0 Å². The number of amides is 1. The third-order valence-electron chi connectivity index (χ3n) is 1.31. The first kappa shape index (κ1) is 9.82. The number of carbonyl (C=O) groups excluding carboxylic acids is 1. The Morgan fingerprint density at radius 3 is 2.10 bits per heavy atom. The highest BCUT2D eigenvalue weighted by Gasteiger charge is 2.14. The molecule has 1 fully saturated rings. The van der Waals surface area contributed by atoms with Crippen molar-refractivity contribution in [2.75, 3.05) is 26.1 Å². The molecule has 3 heteroatoms. The van der Waals surface area contributed by atoms with E-state index in [1.807, 2.05) is 19.6 Å². The molecule has 0 aromatic heterocycles. The first-order valence-corrected chi connectivity index (χ1v) is 4.99. The van der Waals surface area contributed by atoms with Crippen molar-refractivity contribution in [2.24, 2.45) is 0 Å². The molecule has 0 bridgehead atoms. The van der Waals surface area contributed by atoms with Gasteiger partial charge in [0.25, 0.3) is 0 Å². The summed E-state index contributed by atoms with van der Waals surface area (Å²) < 4.78 is 0. The minimum Gasteiger partial charge on any atom is -0.346 e. The van der Waals surface area contributed by atoms with Crippen molar-refractivity contribution in [1.29, 1.82) is 0 Å². The van der Waals surface area contributed by atoms with Crippen LogP contribution in [0.5, 0.6) is 0 Å². The summed E-state index contributed by atoms with van der Waals surface area (Å²) in [5, 5.41) is 0. The van der Waals surface area contributed by atoms with Gasteiger partial charge in [-0.2, -0.15) is 11.8 Å². The normalized spacial score (nSPS) is 16.7. The standard InChI is InChI=1S/C5H9NO.C2H6S/c1-6-4-2-3-5(6)7;1-3-2/h2-4H2,1H3;1-2H3. The topological polar surface area (TPSA) is 20.3 Å². The summed E-state index contributed by atoms with van der Waals surface area (Å²) in [5.74, 6) is 0.292. The zero-order valence-corrected chi connectivity index (χ0v) is 7.70. The highest BCUT2D eigenvalue weighted by Crippen LogP contribution is 2.04. The Morgan fingerprint density at radius 1 is 1.50 bits per heavy atom. The maximum Gasteiger partial charge on any atom is 0.222 e. The molecule has 0 spiro atoms. The zero-order valence-electron chi connectivity index (χ0n) is 6.89. The second-order valence-electron chi connectivity index (χ2n) is 2.33. The summed E-state index contributed by atoms with van der Waals surface area (Å²) in [7, 11) is 1.84. The molecule has 1 saturated heterocycles. The fourth-order valence-corrected chi connectivity index (χ4v) is 0.783. The third-order valence-corrected chi connectivity index (χ3v) is 1.31. The lowest BCUT2D eigenvalue weighted by molar-refractivity contribution is -0.126. The molecular weight excluding hydrogens is 146 g/mol. The van der Waals surface area contributed by atoms with Gasteiger partial charge in [0.15, 0.2) is 0 Å². The van der Waals surface area contributed by atoms with Crippen LogP contribution in [0.25, 0.3) is 0 Å². The van der Waals surface area contributed by atoms with Gasteiger partial charge in [-0.25, -0.2) is 0 Å². The molecule has 0 aromatic rings. The minimum absolute atomic E-state index is 0.292. The highest BCUT2D eigenvalue weighted by atomic mass is 32.2. The van der Waals surface area contributed by atoms with Gasteiger partial charge in [-0.15, -0.1) is 0 Å². The molecule has 0 aromatic carbocycles. The lowest BCUT2D eigenvalue weighted by Crippen LogP contribution is -2.17. The maximum atomic E-state index is 10.5. The fourth-order valence-electron chi connectivity index (χ4n) is 0.783. The van der Waals surface area contributed by atoms with Gasteiger partial charge in [0, 0.05) is 20.0 Å². The van der Waals surface area contributed by atoms with Gasteiger partial charge in [-0.3, -0.25) is 4.79 Å². The molecule has 0 atom stereocenters. The Kier molecular flexibility index (Phi) is 5.49. The second-order valence-corrected chi connectivity index (χ2v) is 3.14. The predicted molar refractivity (Wildman–Crippen MR) is 46.3 cm³/mol. The predicted octanol–water partition coefficient (Wildman–Crippen LogP) is 1.22. The number of hydrogen-bond donors (Lipinski definition) is 0. The SMILES string of the molecule is CN1CCCC1=O.CSC. The van der Waals surface area contributed by atoms with E-state index in [0.717, 1.165) is 19.4 Å². The van der Waals surface area contributed by atoms with Gasteiger partial charge >= 0.3 is 0 Å². The van der Waals surface area contributed by atoms with Gasteiger partial charge in [0.2, 0.25) is 5.91 Å². The van der Waals surface area contributed by atoms with Crippen LogP contribution in [0.1, 0.15) is 12.8 Å². The molecule has 1 rings (SSSR count). The van der Waals surface area contributed by atoms with E-state index in [1.165, 1.54) is 0 Å². The van der Waals surface area contributed by atoms with Gasteiger partial charge in [0.05, 0.1) is 0 Å². The number of carbonyl (C=O) groups is 1. The molecule has 1 amide bonds. The van der Waals surface area contributed by atoms with Gasteiger partial charge < -0.3 is 4.90 Å². The number of thioether (sulfide) groups is 1. The van der Waals surface area contributed by atoms with Crippen LogP contribution < -0.4 is 0 Å². The molecule has 0 unspecified atom stereocenters. The monoisotopic (exact) mass is 161 g/mol. The van der Waals surface area contributed by atoms with E-state index in [9.17, 15) is 4.79 Å². The van der Waals surface area contributed by atoms with Crippen molar-refractivity contribution in [2.45, 2.75) is 12.8 Å². The molecule has 10 heavy (non-hydrogen) atoms. The quantitative estimate of drug-likeness (QED) is 0.532. The first-order chi connectivity index (χ1) is 4.72. The fraction of sp³-hybridized carbons (Fsp3) is 0.857. The van der Waals surface area contributed by atoms with Crippen molar-refractivity contribution in [3.63, 3.8) is 0 Å². The Bertz CT molecular complexity index is 106. The second kappa shape index (κ2) is 5.59. The molecule has 2 nitrogen and oxygen atoms in total. The lowest BCUT2D eigenvalue weighted by atomic mass is 10.4. The minimum atomic E-state index is 0.292. The molecule has 0 radical (unpaired) electrons. The average Bonchev–Trinajstić information content (AvgIpc) is 2.19. The van der Waals surface area contributed by atoms with Gasteiger partial charge in [-0.1, -0.05) is 0 Å². The summed E-state index contributed by atoms with van der Waals surface area (Å²) in [5.41, 5.74) is 0. The van der Waals surface area contributed by atoms with Crippen molar-refractivity contribution >= 4 is 17.7 Å². The van der Waals surface area contributed by atoms with Crippen LogP contribution in [-0.4, -0.2) is 36.9 Å². The van der Waals surface area contributed by atoms with E-state index in [0.29, 0.717) is 5.91 Å². The van der Waals surface area contributed by atoms with E-state index >= 15 is 0 Å². The summed E-state index contributed by atoms with van der Waals surface area (Å²) >= 11 is 1.75. The Balaban J connectivity index is 0.000000236. The van der Waals surface area contributed by atoms with Crippen LogP contribution in [-0.2, 0) is 4.79 Å². The van der Waals surface area contributed by atoms with Crippen molar-refractivity contribution in [3.05, 3.63) is 0 Å². The van der Waals surface area contributed by atoms with E-state index in [1.54, 1.807) is 16.7 Å². The van der Waals surface area contributed by atoms with E-state index in [2.05, 4.69) is 0 Å². The zero-order chi connectivity index (χ0) is 7.98. The van der Waals surface area contributed by atoms with Crippen molar-refractivity contribution in [1.82, 2.24) is 4.90 Å². The highest BCUT2D eigenvalue weighted by molar-refractivity contribution is 7.97. The molecule has 0 saturated carbocycles. The summed E-state index contributed by atoms with van der Waals surface area (Å²) in [4.78, 5) is 12.3. The van der Waals surface area contributed by atoms with Crippen molar-refractivity contribution in [3.8, 4) is 0 Å². The molecule has 1 aliphatic heterocycles. The molecule has 1 heterocycles. The van der Waals surface area contributed by atoms with E-state index in [4.69, 9.17) is 0 Å². The molecular formula is C7H15NOS.